The average Bonchev–Trinajstić information content (AvgIpc) is 2.25. The van der Waals surface area contributed by atoms with Gasteiger partial charge >= 0.3 is 5.97 Å². The molecule has 0 aromatic carbocycles. The summed E-state index contributed by atoms with van der Waals surface area (Å²) < 4.78 is 0. The Balaban J connectivity index is 1.95. The number of carboxylic acids is 1. The van der Waals surface area contributed by atoms with E-state index < -0.39 is 5.97 Å². The topological polar surface area (TPSA) is 69.6 Å². The van der Waals surface area contributed by atoms with E-state index in [2.05, 4.69) is 5.32 Å². The summed E-state index contributed by atoms with van der Waals surface area (Å²) in [6, 6.07) is 0.258. The van der Waals surface area contributed by atoms with Crippen LogP contribution in [0, 0.1) is 0 Å². The third-order valence-electron chi connectivity index (χ3n) is 3.20. The van der Waals surface area contributed by atoms with E-state index in [4.69, 9.17) is 5.11 Å². The molecule has 2 atom stereocenters. The van der Waals surface area contributed by atoms with Crippen LogP contribution in [0.25, 0.3) is 0 Å². The highest BCUT2D eigenvalue weighted by Gasteiger charge is 2.21. The third kappa shape index (κ3) is 5.47. The molecule has 0 amide bonds. The second kappa shape index (κ2) is 7.63. The highest BCUT2D eigenvalue weighted by Crippen LogP contribution is 2.18. The van der Waals surface area contributed by atoms with Gasteiger partial charge in [-0.2, -0.15) is 0 Å². The van der Waals surface area contributed by atoms with Crippen LogP contribution in [-0.4, -0.2) is 34.9 Å². The fourth-order valence-electron chi connectivity index (χ4n) is 2.21. The highest BCUT2D eigenvalue weighted by atomic mass is 16.4. The summed E-state index contributed by atoms with van der Waals surface area (Å²) >= 11 is 0. The van der Waals surface area contributed by atoms with Crippen LogP contribution in [0.15, 0.2) is 0 Å². The summed E-state index contributed by atoms with van der Waals surface area (Å²) in [7, 11) is 0. The van der Waals surface area contributed by atoms with Gasteiger partial charge in [0.1, 0.15) is 0 Å². The minimum Gasteiger partial charge on any atom is -0.481 e. The van der Waals surface area contributed by atoms with Crippen LogP contribution in [0.2, 0.25) is 0 Å². The summed E-state index contributed by atoms with van der Waals surface area (Å²) in [5, 5.41) is 21.5. The first kappa shape index (κ1) is 13.5. The second-order valence-corrected chi connectivity index (χ2v) is 4.62. The molecule has 0 saturated heterocycles. The lowest BCUT2D eigenvalue weighted by molar-refractivity contribution is -0.137. The van der Waals surface area contributed by atoms with Gasteiger partial charge in [-0.05, 0) is 32.2 Å². The minimum absolute atomic E-state index is 0.187. The van der Waals surface area contributed by atoms with Crippen molar-refractivity contribution in [1.82, 2.24) is 5.32 Å². The predicted molar refractivity (Wildman–Crippen MR) is 62.4 cm³/mol. The minimum atomic E-state index is -0.712. The molecular formula is C12H23NO3. The Labute approximate surface area is 97.0 Å². The molecule has 16 heavy (non-hydrogen) atoms. The third-order valence-corrected chi connectivity index (χ3v) is 3.20. The molecule has 0 aliphatic heterocycles. The van der Waals surface area contributed by atoms with Crippen molar-refractivity contribution in [1.29, 1.82) is 0 Å². The maximum atomic E-state index is 10.3. The van der Waals surface area contributed by atoms with E-state index in [1.807, 2.05) is 0 Å². The maximum Gasteiger partial charge on any atom is 0.303 e. The number of carbonyl (C=O) groups is 1. The van der Waals surface area contributed by atoms with Gasteiger partial charge in [-0.3, -0.25) is 4.79 Å². The van der Waals surface area contributed by atoms with E-state index in [1.165, 1.54) is 6.42 Å². The molecular weight excluding hydrogens is 206 g/mol. The number of carboxylic acid groups (broad SMARTS) is 1. The molecule has 4 heteroatoms. The monoisotopic (exact) mass is 229 g/mol. The van der Waals surface area contributed by atoms with Gasteiger partial charge in [-0.1, -0.05) is 19.3 Å². The summed E-state index contributed by atoms with van der Waals surface area (Å²) in [4.78, 5) is 10.3. The number of aliphatic carboxylic acids is 1. The quantitative estimate of drug-likeness (QED) is 0.579. The Morgan fingerprint density at radius 3 is 2.62 bits per heavy atom. The maximum absolute atomic E-state index is 10.3. The Morgan fingerprint density at radius 1 is 1.19 bits per heavy atom. The molecule has 94 valence electrons. The summed E-state index contributed by atoms with van der Waals surface area (Å²) in [5.41, 5.74) is 0. The van der Waals surface area contributed by atoms with Crippen molar-refractivity contribution in [3.05, 3.63) is 0 Å². The Kier molecular flexibility index (Phi) is 6.42. The summed E-state index contributed by atoms with van der Waals surface area (Å²) in [5.74, 6) is -0.712. The van der Waals surface area contributed by atoms with Gasteiger partial charge in [0.05, 0.1) is 6.10 Å². The molecule has 1 aliphatic rings. The van der Waals surface area contributed by atoms with Gasteiger partial charge < -0.3 is 15.5 Å². The first-order valence-corrected chi connectivity index (χ1v) is 6.33. The van der Waals surface area contributed by atoms with Crippen LogP contribution < -0.4 is 5.32 Å². The first-order valence-electron chi connectivity index (χ1n) is 6.33. The number of hydrogen-bond acceptors (Lipinski definition) is 3. The predicted octanol–water partition coefficient (Wildman–Crippen LogP) is 1.52. The molecule has 0 aromatic rings. The zero-order chi connectivity index (χ0) is 11.8. The van der Waals surface area contributed by atoms with Crippen molar-refractivity contribution >= 4 is 5.97 Å². The zero-order valence-electron chi connectivity index (χ0n) is 9.82. The number of unbranched alkanes of at least 4 members (excludes halogenated alkanes) is 2. The van der Waals surface area contributed by atoms with Gasteiger partial charge in [-0.15, -0.1) is 0 Å². The zero-order valence-corrected chi connectivity index (χ0v) is 9.82. The highest BCUT2D eigenvalue weighted by molar-refractivity contribution is 5.66. The van der Waals surface area contributed by atoms with Crippen LogP contribution in [0.4, 0.5) is 0 Å². The standard InChI is InChI=1S/C12H23NO3/c14-11-7-4-3-6-10(11)13-9-5-1-2-8-12(15)16/h10-11,13-14H,1-9H2,(H,15,16). The summed E-state index contributed by atoms with van der Waals surface area (Å²) in [6.45, 7) is 0.890. The molecule has 0 radical (unpaired) electrons. The molecule has 1 aliphatic carbocycles. The smallest absolute Gasteiger partial charge is 0.303 e. The summed E-state index contributed by atoms with van der Waals surface area (Å²) in [6.07, 6.45) is 7.10. The van der Waals surface area contributed by atoms with Crippen molar-refractivity contribution in [2.75, 3.05) is 6.54 Å². The van der Waals surface area contributed by atoms with Gasteiger partial charge in [0.15, 0.2) is 0 Å². The van der Waals surface area contributed by atoms with Crippen LogP contribution in [-0.2, 0) is 4.79 Å². The van der Waals surface area contributed by atoms with Gasteiger partial charge in [0.2, 0.25) is 0 Å². The van der Waals surface area contributed by atoms with Crippen LogP contribution >= 0.6 is 0 Å². The first-order chi connectivity index (χ1) is 7.70. The second-order valence-electron chi connectivity index (χ2n) is 4.62. The van der Waals surface area contributed by atoms with Gasteiger partial charge in [-0.25, -0.2) is 0 Å². The van der Waals surface area contributed by atoms with Crippen molar-refractivity contribution < 1.29 is 15.0 Å². The lowest BCUT2D eigenvalue weighted by Crippen LogP contribution is -2.42. The molecule has 0 spiro atoms. The van der Waals surface area contributed by atoms with Crippen LogP contribution in [0.5, 0.6) is 0 Å². The molecule has 3 N–H and O–H groups in total. The molecule has 0 aromatic heterocycles. The van der Waals surface area contributed by atoms with Crippen molar-refractivity contribution in [3.63, 3.8) is 0 Å². The Bertz CT molecular complexity index is 208. The Morgan fingerprint density at radius 2 is 1.94 bits per heavy atom. The van der Waals surface area contributed by atoms with E-state index in [0.29, 0.717) is 0 Å². The lowest BCUT2D eigenvalue weighted by atomic mass is 9.92. The van der Waals surface area contributed by atoms with Gasteiger partial charge in [0.25, 0.3) is 0 Å². The fraction of sp³-hybridized carbons (Fsp3) is 0.917. The number of nitrogens with one attached hydrogen (secondary N) is 1. The van der Waals surface area contributed by atoms with Crippen molar-refractivity contribution in [3.8, 4) is 0 Å². The molecule has 1 fully saturated rings. The molecule has 2 unspecified atom stereocenters. The number of hydrogen-bond donors (Lipinski definition) is 3. The molecule has 0 heterocycles. The number of rotatable bonds is 7. The van der Waals surface area contributed by atoms with Crippen LogP contribution in [0.1, 0.15) is 51.4 Å². The van der Waals surface area contributed by atoms with E-state index in [0.717, 1.165) is 45.1 Å². The normalized spacial score (nSPS) is 25.6. The average molecular weight is 229 g/mol. The molecule has 0 bridgehead atoms. The van der Waals surface area contributed by atoms with Gasteiger partial charge in [0, 0.05) is 12.5 Å². The van der Waals surface area contributed by atoms with E-state index >= 15 is 0 Å². The van der Waals surface area contributed by atoms with Crippen molar-refractivity contribution in [2.45, 2.75) is 63.5 Å². The number of aliphatic hydroxyl groups is 1. The molecule has 1 saturated carbocycles. The van der Waals surface area contributed by atoms with Crippen LogP contribution in [0.3, 0.4) is 0 Å². The Hall–Kier alpha value is -0.610. The van der Waals surface area contributed by atoms with E-state index in [9.17, 15) is 9.90 Å². The molecule has 1 rings (SSSR count). The SMILES string of the molecule is O=C(O)CCCCCNC1CCCCC1O. The number of aliphatic hydroxyl groups excluding tert-OH is 1. The van der Waals surface area contributed by atoms with E-state index in [-0.39, 0.29) is 18.6 Å². The fourth-order valence-corrected chi connectivity index (χ4v) is 2.21. The van der Waals surface area contributed by atoms with Crippen molar-refractivity contribution in [2.24, 2.45) is 0 Å². The largest absolute Gasteiger partial charge is 0.481 e. The molecule has 4 nitrogen and oxygen atoms in total. The lowest BCUT2D eigenvalue weighted by Gasteiger charge is -2.28. The van der Waals surface area contributed by atoms with E-state index in [1.54, 1.807) is 0 Å².